The first-order valence-electron chi connectivity index (χ1n) is 10.0. The highest BCUT2D eigenvalue weighted by molar-refractivity contribution is 7.12. The van der Waals surface area contributed by atoms with E-state index < -0.39 is 5.97 Å². The molecule has 2 aromatic carbocycles. The number of fused-ring (bicyclic) bond motifs is 1. The highest BCUT2D eigenvalue weighted by Crippen LogP contribution is 2.33. The van der Waals surface area contributed by atoms with Gasteiger partial charge >= 0.3 is 5.97 Å². The van der Waals surface area contributed by atoms with Gasteiger partial charge in [-0.2, -0.15) is 5.10 Å². The lowest BCUT2D eigenvalue weighted by Gasteiger charge is -2.13. The van der Waals surface area contributed by atoms with Gasteiger partial charge in [0.15, 0.2) is 5.75 Å². The normalized spacial score (nSPS) is 11.2. The molecule has 3 heterocycles. The Morgan fingerprint density at radius 2 is 1.67 bits per heavy atom. The van der Waals surface area contributed by atoms with Gasteiger partial charge in [-0.05, 0) is 47.2 Å². The summed E-state index contributed by atoms with van der Waals surface area (Å²) in [6.45, 7) is 0. The van der Waals surface area contributed by atoms with Crippen LogP contribution in [0.4, 0.5) is 5.69 Å². The van der Waals surface area contributed by atoms with E-state index in [-0.39, 0.29) is 11.7 Å². The van der Waals surface area contributed by atoms with E-state index in [0.717, 1.165) is 16.6 Å². The Balaban J connectivity index is 1.51. The van der Waals surface area contributed by atoms with Gasteiger partial charge in [-0.25, -0.2) is 4.79 Å². The first-order valence-corrected chi connectivity index (χ1v) is 11.8. The number of para-hydroxylation sites is 2. The molecule has 6 nitrogen and oxygen atoms in total. The van der Waals surface area contributed by atoms with Crippen LogP contribution in [-0.4, -0.2) is 22.1 Å². The van der Waals surface area contributed by atoms with Gasteiger partial charge in [0.1, 0.15) is 4.88 Å². The molecule has 1 amide bonds. The molecule has 0 saturated heterocycles. The predicted molar refractivity (Wildman–Crippen MR) is 133 cm³/mol. The third-order valence-electron chi connectivity index (χ3n) is 4.88. The van der Waals surface area contributed by atoms with Crippen molar-refractivity contribution in [3.8, 4) is 5.75 Å². The van der Waals surface area contributed by atoms with Gasteiger partial charge in [0.2, 0.25) is 0 Å². The van der Waals surface area contributed by atoms with E-state index in [4.69, 9.17) is 4.74 Å². The Labute approximate surface area is 197 Å². The van der Waals surface area contributed by atoms with Crippen molar-refractivity contribution in [3.05, 3.63) is 98.5 Å². The molecular formula is C25H17N3O3S2. The monoisotopic (exact) mass is 471 g/mol. The number of ether oxygens (including phenoxy) is 1. The zero-order valence-corrected chi connectivity index (χ0v) is 18.8. The molecule has 0 radical (unpaired) electrons. The Morgan fingerprint density at radius 1 is 0.879 bits per heavy atom. The summed E-state index contributed by atoms with van der Waals surface area (Å²) in [5.41, 5.74) is 2.73. The van der Waals surface area contributed by atoms with Crippen LogP contribution in [0.5, 0.6) is 5.75 Å². The third kappa shape index (κ3) is 4.48. The highest BCUT2D eigenvalue weighted by atomic mass is 32.1. The SMILES string of the molecule is O=C(Nc1cccc(/C=C/c2n[nH]c3ccccc23)c1OC(=O)c1cccs1)c1cccs1. The third-order valence-corrected chi connectivity index (χ3v) is 6.59. The van der Waals surface area contributed by atoms with Crippen molar-refractivity contribution < 1.29 is 14.3 Å². The maximum absolute atomic E-state index is 12.7. The maximum Gasteiger partial charge on any atom is 0.353 e. The second-order valence-electron chi connectivity index (χ2n) is 7.01. The fourth-order valence-electron chi connectivity index (χ4n) is 3.31. The number of carbonyl (C=O) groups is 2. The fourth-order valence-corrected chi connectivity index (χ4v) is 4.53. The predicted octanol–water partition coefficient (Wildman–Crippen LogP) is 6.33. The molecule has 0 bridgehead atoms. The van der Waals surface area contributed by atoms with Crippen LogP contribution in [0, 0.1) is 0 Å². The summed E-state index contributed by atoms with van der Waals surface area (Å²) in [5, 5.41) is 14.9. The molecule has 2 N–H and O–H groups in total. The average Bonchev–Trinajstić information content (AvgIpc) is 3.61. The summed E-state index contributed by atoms with van der Waals surface area (Å²) in [4.78, 5) is 26.4. The summed E-state index contributed by atoms with van der Waals surface area (Å²) < 4.78 is 5.78. The zero-order chi connectivity index (χ0) is 22.6. The maximum atomic E-state index is 12.7. The van der Waals surface area contributed by atoms with Crippen molar-refractivity contribution in [3.63, 3.8) is 0 Å². The summed E-state index contributed by atoms with van der Waals surface area (Å²) >= 11 is 2.63. The summed E-state index contributed by atoms with van der Waals surface area (Å²) in [6.07, 6.45) is 3.67. The number of hydrogen-bond acceptors (Lipinski definition) is 6. The van der Waals surface area contributed by atoms with Crippen molar-refractivity contribution in [2.45, 2.75) is 0 Å². The molecule has 5 rings (SSSR count). The van der Waals surface area contributed by atoms with E-state index in [1.807, 2.05) is 59.3 Å². The molecular weight excluding hydrogens is 454 g/mol. The van der Waals surface area contributed by atoms with Gasteiger partial charge in [0.05, 0.1) is 21.8 Å². The van der Waals surface area contributed by atoms with Crippen LogP contribution in [0.25, 0.3) is 23.1 Å². The van der Waals surface area contributed by atoms with Gasteiger partial charge in [-0.15, -0.1) is 22.7 Å². The fraction of sp³-hybridized carbons (Fsp3) is 0. The minimum atomic E-state index is -0.484. The number of aromatic amines is 1. The number of hydrogen-bond donors (Lipinski definition) is 2. The van der Waals surface area contributed by atoms with Gasteiger partial charge in [0, 0.05) is 10.9 Å². The number of benzene rings is 2. The molecule has 5 aromatic rings. The molecule has 0 aliphatic rings. The Bertz CT molecular complexity index is 1450. The number of H-pyrrole nitrogens is 1. The summed E-state index contributed by atoms with van der Waals surface area (Å²) in [7, 11) is 0. The van der Waals surface area contributed by atoms with E-state index in [0.29, 0.717) is 21.0 Å². The largest absolute Gasteiger partial charge is 0.419 e. The number of carbonyl (C=O) groups excluding carboxylic acids is 2. The second-order valence-corrected chi connectivity index (χ2v) is 8.91. The number of nitrogens with zero attached hydrogens (tertiary/aromatic N) is 1. The number of anilines is 1. The minimum Gasteiger partial charge on any atom is -0.419 e. The van der Waals surface area contributed by atoms with Crippen molar-refractivity contribution in [2.75, 3.05) is 5.32 Å². The van der Waals surface area contributed by atoms with E-state index in [1.54, 1.807) is 30.3 Å². The lowest BCUT2D eigenvalue weighted by atomic mass is 10.1. The number of rotatable bonds is 6. The van der Waals surface area contributed by atoms with Gasteiger partial charge in [0.25, 0.3) is 5.91 Å². The number of esters is 1. The quantitative estimate of drug-likeness (QED) is 0.224. The number of amides is 1. The topological polar surface area (TPSA) is 84.1 Å². The van der Waals surface area contributed by atoms with Crippen molar-refractivity contribution in [1.29, 1.82) is 0 Å². The van der Waals surface area contributed by atoms with Crippen LogP contribution >= 0.6 is 22.7 Å². The van der Waals surface area contributed by atoms with E-state index in [2.05, 4.69) is 15.5 Å². The van der Waals surface area contributed by atoms with Crippen LogP contribution in [0.2, 0.25) is 0 Å². The minimum absolute atomic E-state index is 0.266. The van der Waals surface area contributed by atoms with Crippen LogP contribution < -0.4 is 10.1 Å². The molecule has 8 heteroatoms. The molecule has 3 aromatic heterocycles. The molecule has 0 spiro atoms. The Hall–Kier alpha value is -4.01. The molecule has 0 aliphatic heterocycles. The van der Waals surface area contributed by atoms with Crippen molar-refractivity contribution in [1.82, 2.24) is 10.2 Å². The number of thiophene rings is 2. The molecule has 0 saturated carbocycles. The van der Waals surface area contributed by atoms with E-state index >= 15 is 0 Å². The van der Waals surface area contributed by atoms with Gasteiger partial charge in [-0.1, -0.05) is 42.5 Å². The molecule has 0 fully saturated rings. The van der Waals surface area contributed by atoms with Crippen molar-refractivity contribution >= 4 is 63.3 Å². The molecule has 0 atom stereocenters. The van der Waals surface area contributed by atoms with Crippen LogP contribution in [0.15, 0.2) is 77.5 Å². The van der Waals surface area contributed by atoms with Crippen LogP contribution in [0.3, 0.4) is 0 Å². The first-order chi connectivity index (χ1) is 16.2. The van der Waals surface area contributed by atoms with Gasteiger partial charge in [-0.3, -0.25) is 9.89 Å². The van der Waals surface area contributed by atoms with E-state index in [9.17, 15) is 9.59 Å². The summed E-state index contributed by atoms with van der Waals surface area (Å²) in [6, 6.07) is 20.2. The van der Waals surface area contributed by atoms with E-state index in [1.165, 1.54) is 22.7 Å². The van der Waals surface area contributed by atoms with Crippen LogP contribution in [0.1, 0.15) is 30.6 Å². The first kappa shape index (κ1) is 20.9. The standard InChI is InChI=1S/C25H17N3O3S2/c29-24(21-10-4-14-32-21)26-20-9-3-6-16(23(20)31-25(30)22-11-5-15-33-22)12-13-19-17-7-1-2-8-18(17)27-28-19/h1-15H,(H,26,29)(H,27,28)/b13-12+. The van der Waals surface area contributed by atoms with Gasteiger partial charge < -0.3 is 10.1 Å². The van der Waals surface area contributed by atoms with Crippen LogP contribution in [-0.2, 0) is 0 Å². The Morgan fingerprint density at radius 3 is 2.45 bits per heavy atom. The highest BCUT2D eigenvalue weighted by Gasteiger charge is 2.18. The lowest BCUT2D eigenvalue weighted by molar-refractivity contribution is 0.0739. The lowest BCUT2D eigenvalue weighted by Crippen LogP contribution is -2.14. The molecule has 162 valence electrons. The molecule has 0 unspecified atom stereocenters. The molecule has 0 aliphatic carbocycles. The molecule has 33 heavy (non-hydrogen) atoms. The average molecular weight is 472 g/mol. The zero-order valence-electron chi connectivity index (χ0n) is 17.1. The number of aromatic nitrogens is 2. The number of nitrogens with one attached hydrogen (secondary N) is 2. The van der Waals surface area contributed by atoms with Crippen molar-refractivity contribution in [2.24, 2.45) is 0 Å². The smallest absolute Gasteiger partial charge is 0.353 e. The second kappa shape index (κ2) is 9.23. The Kier molecular flexibility index (Phi) is 5.84. The summed E-state index contributed by atoms with van der Waals surface area (Å²) in [5.74, 6) is -0.475.